The number of hydrogen-bond acceptors (Lipinski definition) is 3. The summed E-state index contributed by atoms with van der Waals surface area (Å²) < 4.78 is 5.48. The zero-order valence-electron chi connectivity index (χ0n) is 11.4. The lowest BCUT2D eigenvalue weighted by Crippen LogP contribution is -2.38. The van der Waals surface area contributed by atoms with Crippen LogP contribution in [0.2, 0.25) is 0 Å². The van der Waals surface area contributed by atoms with Crippen LogP contribution in [0.1, 0.15) is 40.0 Å². The number of carbonyl (C=O) groups excluding carboxylic acids is 2. The number of hydrogen-bond donors (Lipinski definition) is 1. The predicted molar refractivity (Wildman–Crippen MR) is 69.6 cm³/mol. The third-order valence-corrected chi connectivity index (χ3v) is 5.14. The van der Waals surface area contributed by atoms with E-state index in [1.807, 2.05) is 0 Å². The summed E-state index contributed by atoms with van der Waals surface area (Å²) in [6, 6.07) is 0. The van der Waals surface area contributed by atoms with E-state index in [0.717, 1.165) is 6.42 Å². The molecule has 0 heterocycles. The molecule has 2 saturated carbocycles. The minimum absolute atomic E-state index is 0.0942. The molecule has 18 heavy (non-hydrogen) atoms. The van der Waals surface area contributed by atoms with Crippen LogP contribution >= 0.6 is 0 Å². The summed E-state index contributed by atoms with van der Waals surface area (Å²) >= 11 is 0. The van der Waals surface area contributed by atoms with E-state index in [0.29, 0.717) is 11.3 Å². The van der Waals surface area contributed by atoms with Crippen LogP contribution in [0.5, 0.6) is 0 Å². The Labute approximate surface area is 109 Å². The van der Waals surface area contributed by atoms with E-state index in [2.05, 4.69) is 33.1 Å². The molecule has 4 heteroatoms. The van der Waals surface area contributed by atoms with Gasteiger partial charge in [-0.25, -0.2) is 4.79 Å². The molecule has 1 amide bonds. The first kappa shape index (κ1) is 14.7. The third kappa shape index (κ3) is 2.16. The fourth-order valence-corrected chi connectivity index (χ4v) is 3.50. The Hall–Kier alpha value is -1.32. The number of ether oxygens (including phenoxy) is 1. The molecule has 2 aliphatic carbocycles. The molecule has 0 spiro atoms. The van der Waals surface area contributed by atoms with Crippen LogP contribution in [0.25, 0.3) is 0 Å². The highest BCUT2D eigenvalue weighted by atomic mass is 16.5. The molecule has 2 bridgehead atoms. The van der Waals surface area contributed by atoms with Crippen LogP contribution < -0.4 is 5.73 Å². The first-order valence-electron chi connectivity index (χ1n) is 6.32. The van der Waals surface area contributed by atoms with Gasteiger partial charge in [-0.05, 0) is 30.6 Å². The van der Waals surface area contributed by atoms with E-state index in [1.165, 1.54) is 18.9 Å². The van der Waals surface area contributed by atoms with E-state index in [4.69, 9.17) is 9.53 Å². The van der Waals surface area contributed by atoms with Gasteiger partial charge in [0.2, 0.25) is 6.41 Å². The third-order valence-electron chi connectivity index (χ3n) is 5.14. The first-order chi connectivity index (χ1) is 8.33. The van der Waals surface area contributed by atoms with Crippen molar-refractivity contribution in [3.05, 3.63) is 12.7 Å². The predicted octanol–water partition coefficient (Wildman–Crippen LogP) is 2.03. The van der Waals surface area contributed by atoms with E-state index >= 15 is 0 Å². The van der Waals surface area contributed by atoms with E-state index in [-0.39, 0.29) is 23.9 Å². The number of primary amides is 1. The van der Waals surface area contributed by atoms with E-state index in [9.17, 15) is 4.79 Å². The number of carbonyl (C=O) groups is 2. The van der Waals surface area contributed by atoms with Crippen LogP contribution in [0.3, 0.4) is 0 Å². The molecule has 2 N–H and O–H groups in total. The number of rotatable bonds is 2. The van der Waals surface area contributed by atoms with Gasteiger partial charge in [0.15, 0.2) is 0 Å². The maximum Gasteiger partial charge on any atom is 0.330 e. The van der Waals surface area contributed by atoms with Crippen molar-refractivity contribution in [2.24, 2.45) is 22.5 Å². The maximum absolute atomic E-state index is 11.3. The molecule has 0 aromatic carbocycles. The van der Waals surface area contributed by atoms with Gasteiger partial charge >= 0.3 is 5.97 Å². The van der Waals surface area contributed by atoms with Gasteiger partial charge in [0.1, 0.15) is 6.10 Å². The summed E-state index contributed by atoms with van der Waals surface area (Å²) in [6.45, 7) is 10.3. The van der Waals surface area contributed by atoms with Crippen molar-refractivity contribution in [2.75, 3.05) is 0 Å². The summed E-state index contributed by atoms with van der Waals surface area (Å²) in [4.78, 5) is 19.8. The molecule has 0 unspecified atom stereocenters. The highest BCUT2D eigenvalue weighted by Gasteiger charge is 2.62. The van der Waals surface area contributed by atoms with E-state index < -0.39 is 0 Å². The molecule has 2 aliphatic rings. The van der Waals surface area contributed by atoms with Gasteiger partial charge in [-0.2, -0.15) is 0 Å². The summed E-state index contributed by atoms with van der Waals surface area (Å²) in [5.41, 5.74) is 4.63. The lowest BCUT2D eigenvalue weighted by molar-refractivity contribution is -0.150. The van der Waals surface area contributed by atoms with Crippen molar-refractivity contribution in [3.8, 4) is 0 Å². The normalized spacial score (nSPS) is 35.3. The van der Waals surface area contributed by atoms with Gasteiger partial charge in [-0.15, -0.1) is 0 Å². The van der Waals surface area contributed by atoms with Gasteiger partial charge in [-0.1, -0.05) is 27.4 Å². The minimum atomic E-state index is -0.274. The monoisotopic (exact) mass is 253 g/mol. The largest absolute Gasteiger partial charge is 0.459 e. The van der Waals surface area contributed by atoms with Crippen LogP contribution in [-0.4, -0.2) is 18.5 Å². The highest BCUT2D eigenvalue weighted by Crippen LogP contribution is 2.66. The van der Waals surface area contributed by atoms with Gasteiger partial charge < -0.3 is 10.5 Å². The molecule has 2 fully saturated rings. The molecule has 0 aromatic rings. The molecule has 0 aliphatic heterocycles. The van der Waals surface area contributed by atoms with Crippen LogP contribution in [0, 0.1) is 16.7 Å². The van der Waals surface area contributed by atoms with Crippen LogP contribution in [0.4, 0.5) is 0 Å². The van der Waals surface area contributed by atoms with Gasteiger partial charge in [-0.3, -0.25) is 4.79 Å². The molecule has 0 radical (unpaired) electrons. The average Bonchev–Trinajstić information content (AvgIpc) is 2.63. The molecular formula is C14H23NO3. The zero-order chi connectivity index (χ0) is 14.0. The van der Waals surface area contributed by atoms with E-state index in [1.54, 1.807) is 0 Å². The Morgan fingerprint density at radius 1 is 1.44 bits per heavy atom. The minimum Gasteiger partial charge on any atom is -0.459 e. The lowest BCUT2D eigenvalue weighted by atomic mass is 9.70. The quantitative estimate of drug-likeness (QED) is 0.465. The summed E-state index contributed by atoms with van der Waals surface area (Å²) in [7, 11) is 0. The number of fused-ring (bicyclic) bond motifs is 2. The Balaban J connectivity index is 0.000000492. The Kier molecular flexibility index (Phi) is 4.20. The van der Waals surface area contributed by atoms with Crippen molar-refractivity contribution < 1.29 is 14.3 Å². The Morgan fingerprint density at radius 2 is 2.00 bits per heavy atom. The second-order valence-electron chi connectivity index (χ2n) is 5.88. The molecule has 102 valence electrons. The van der Waals surface area contributed by atoms with Crippen molar-refractivity contribution in [3.63, 3.8) is 0 Å². The molecule has 3 atom stereocenters. The molecule has 0 saturated heterocycles. The molecule has 4 nitrogen and oxygen atoms in total. The summed E-state index contributed by atoms with van der Waals surface area (Å²) in [6.07, 6.45) is 5.10. The van der Waals surface area contributed by atoms with Crippen molar-refractivity contribution >= 4 is 12.4 Å². The van der Waals surface area contributed by atoms with Gasteiger partial charge in [0.05, 0.1) is 0 Å². The second-order valence-corrected chi connectivity index (χ2v) is 5.88. The molecule has 0 aromatic heterocycles. The first-order valence-corrected chi connectivity index (χ1v) is 6.32. The van der Waals surface area contributed by atoms with Gasteiger partial charge in [0, 0.05) is 11.5 Å². The summed E-state index contributed by atoms with van der Waals surface area (Å²) in [5.74, 6) is 0.440. The average molecular weight is 253 g/mol. The van der Waals surface area contributed by atoms with Crippen LogP contribution in [0.15, 0.2) is 12.7 Å². The number of nitrogens with two attached hydrogens (primary N) is 1. The highest BCUT2D eigenvalue weighted by molar-refractivity contribution is 5.81. The lowest BCUT2D eigenvalue weighted by Gasteiger charge is -2.38. The molecular weight excluding hydrogens is 230 g/mol. The topological polar surface area (TPSA) is 69.4 Å². The fraction of sp³-hybridized carbons (Fsp3) is 0.714. The van der Waals surface area contributed by atoms with Crippen LogP contribution in [-0.2, 0) is 14.3 Å². The Bertz CT molecular complexity index is 351. The maximum atomic E-state index is 11.3. The van der Waals surface area contributed by atoms with Gasteiger partial charge in [0.25, 0.3) is 0 Å². The van der Waals surface area contributed by atoms with Crippen molar-refractivity contribution in [1.29, 1.82) is 0 Å². The Morgan fingerprint density at radius 3 is 2.33 bits per heavy atom. The number of amides is 1. The standard InChI is InChI=1S/C13H20O2.CH3NO/c1-5-11(14)15-10-8-9-6-7-13(10,4)12(9,2)3;2-1-3/h5,9-10H,1,6-8H2,2-4H3;1H,(H2,2,3)/t9-,10-,13+;/m0./s1. The van der Waals surface area contributed by atoms with Crippen molar-refractivity contribution in [2.45, 2.75) is 46.1 Å². The van der Waals surface area contributed by atoms with Crippen molar-refractivity contribution in [1.82, 2.24) is 0 Å². The SMILES string of the molecule is C=CC(=O)O[C@H]1C[C@@H]2CC[C@@]1(C)C2(C)C.NC=O. The summed E-state index contributed by atoms with van der Waals surface area (Å²) in [5, 5.41) is 0. The second kappa shape index (κ2) is 5.12. The number of esters is 1. The molecule has 2 rings (SSSR count). The zero-order valence-corrected chi connectivity index (χ0v) is 11.4. The smallest absolute Gasteiger partial charge is 0.330 e. The fourth-order valence-electron chi connectivity index (χ4n) is 3.50.